The van der Waals surface area contributed by atoms with Crippen LogP contribution in [0.15, 0.2) is 35.4 Å². The van der Waals surface area contributed by atoms with E-state index in [0.29, 0.717) is 5.56 Å². The van der Waals surface area contributed by atoms with Gasteiger partial charge < -0.3 is 4.57 Å². The molecule has 0 atom stereocenters. The summed E-state index contributed by atoms with van der Waals surface area (Å²) >= 11 is 2.18. The second kappa shape index (κ2) is 6.21. The van der Waals surface area contributed by atoms with Crippen LogP contribution >= 0.6 is 22.6 Å². The minimum absolute atomic E-state index is 0.204. The summed E-state index contributed by atoms with van der Waals surface area (Å²) in [6.07, 6.45) is 1.67. The van der Waals surface area contributed by atoms with Gasteiger partial charge in [0.05, 0.1) is 6.21 Å². The van der Waals surface area contributed by atoms with E-state index in [9.17, 15) is 4.79 Å². The monoisotopic (exact) mass is 381 g/mol. The number of rotatable bonds is 3. The molecule has 0 radical (unpaired) electrons. The lowest BCUT2D eigenvalue weighted by Crippen LogP contribution is -2.17. The van der Waals surface area contributed by atoms with Crippen molar-refractivity contribution in [3.63, 3.8) is 0 Å². The summed E-state index contributed by atoms with van der Waals surface area (Å²) in [6.45, 7) is 4.06. The molecular weight excluding hydrogens is 365 g/mol. The number of halogens is 1. The fourth-order valence-corrected chi connectivity index (χ4v) is 2.41. The number of nitrogens with zero attached hydrogens (tertiary/aromatic N) is 2. The highest BCUT2D eigenvalue weighted by molar-refractivity contribution is 14.1. The zero-order valence-electron chi connectivity index (χ0n) is 11.6. The minimum Gasteiger partial charge on any atom is -0.352 e. The molecular formula is C15H16IN3O. The van der Waals surface area contributed by atoms with E-state index in [4.69, 9.17) is 0 Å². The number of aromatic nitrogens is 1. The molecule has 1 amide bonds. The summed E-state index contributed by atoms with van der Waals surface area (Å²) in [5.41, 5.74) is 6.44. The van der Waals surface area contributed by atoms with E-state index in [1.54, 1.807) is 12.3 Å². The Morgan fingerprint density at radius 2 is 2.10 bits per heavy atom. The van der Waals surface area contributed by atoms with Gasteiger partial charge in [-0.15, -0.1) is 0 Å². The van der Waals surface area contributed by atoms with Crippen LogP contribution < -0.4 is 5.43 Å². The Bertz CT molecular complexity index is 674. The van der Waals surface area contributed by atoms with Crippen molar-refractivity contribution >= 4 is 34.7 Å². The van der Waals surface area contributed by atoms with Gasteiger partial charge in [-0.1, -0.05) is 6.07 Å². The van der Waals surface area contributed by atoms with Crippen LogP contribution in [0.2, 0.25) is 0 Å². The highest BCUT2D eigenvalue weighted by Crippen LogP contribution is 2.11. The largest absolute Gasteiger partial charge is 0.352 e. The van der Waals surface area contributed by atoms with Crippen molar-refractivity contribution < 1.29 is 4.79 Å². The molecule has 1 aromatic carbocycles. The van der Waals surface area contributed by atoms with E-state index < -0.39 is 0 Å². The Morgan fingerprint density at radius 1 is 1.35 bits per heavy atom. The fraction of sp³-hybridized carbons (Fsp3) is 0.200. The fourth-order valence-electron chi connectivity index (χ4n) is 1.87. The van der Waals surface area contributed by atoms with E-state index in [-0.39, 0.29) is 5.91 Å². The zero-order valence-corrected chi connectivity index (χ0v) is 13.8. The number of hydrogen-bond donors (Lipinski definition) is 1. The Hall–Kier alpha value is -1.63. The molecule has 1 N–H and O–H groups in total. The molecule has 0 aliphatic carbocycles. The Labute approximate surface area is 132 Å². The third-order valence-electron chi connectivity index (χ3n) is 3.27. The van der Waals surface area contributed by atoms with Gasteiger partial charge in [-0.25, -0.2) is 5.43 Å². The minimum atomic E-state index is -0.204. The average molecular weight is 381 g/mol. The van der Waals surface area contributed by atoms with Gasteiger partial charge in [0, 0.05) is 33.1 Å². The number of amides is 1. The smallest absolute Gasteiger partial charge is 0.271 e. The average Bonchev–Trinajstić information content (AvgIpc) is 2.66. The molecule has 0 fully saturated rings. The van der Waals surface area contributed by atoms with E-state index in [0.717, 1.165) is 20.5 Å². The lowest BCUT2D eigenvalue weighted by atomic mass is 10.2. The van der Waals surface area contributed by atoms with E-state index in [1.165, 1.54) is 0 Å². The number of hydrazone groups is 1. The molecule has 20 heavy (non-hydrogen) atoms. The first-order valence-electron chi connectivity index (χ1n) is 6.21. The summed E-state index contributed by atoms with van der Waals surface area (Å²) in [6, 6.07) is 9.42. The van der Waals surface area contributed by atoms with E-state index in [1.807, 2.05) is 45.2 Å². The maximum atomic E-state index is 11.9. The topological polar surface area (TPSA) is 46.4 Å². The van der Waals surface area contributed by atoms with Gasteiger partial charge in [-0.3, -0.25) is 4.79 Å². The number of nitrogens with one attached hydrogen (secondary N) is 1. The van der Waals surface area contributed by atoms with E-state index in [2.05, 4.69) is 37.7 Å². The predicted octanol–water partition coefficient (Wildman–Crippen LogP) is 3.01. The lowest BCUT2D eigenvalue weighted by molar-refractivity contribution is 0.0955. The SMILES string of the molecule is Cc1cc(/C=N\NC(=O)c2cccc(I)c2)c(C)n1C. The van der Waals surface area contributed by atoms with E-state index >= 15 is 0 Å². The summed E-state index contributed by atoms with van der Waals surface area (Å²) in [7, 11) is 2.01. The zero-order chi connectivity index (χ0) is 14.7. The predicted molar refractivity (Wildman–Crippen MR) is 89.1 cm³/mol. The third-order valence-corrected chi connectivity index (χ3v) is 3.94. The maximum Gasteiger partial charge on any atom is 0.271 e. The quantitative estimate of drug-likeness (QED) is 0.496. The standard InChI is InChI=1S/C15H16IN3O/c1-10-7-13(11(2)19(10)3)9-17-18-15(20)12-5-4-6-14(16)8-12/h4-9H,1-3H3,(H,18,20)/b17-9-. The first-order valence-corrected chi connectivity index (χ1v) is 7.29. The summed E-state index contributed by atoms with van der Waals surface area (Å²) in [5.74, 6) is -0.204. The molecule has 2 rings (SSSR count). The van der Waals surface area contributed by atoms with Crippen LogP contribution in [0, 0.1) is 17.4 Å². The Kier molecular flexibility index (Phi) is 4.59. The summed E-state index contributed by atoms with van der Waals surface area (Å²) < 4.78 is 3.11. The summed E-state index contributed by atoms with van der Waals surface area (Å²) in [4.78, 5) is 11.9. The second-order valence-electron chi connectivity index (χ2n) is 4.59. The molecule has 0 aliphatic rings. The molecule has 5 heteroatoms. The molecule has 2 aromatic rings. The highest BCUT2D eigenvalue weighted by atomic mass is 127. The molecule has 0 unspecified atom stereocenters. The number of hydrogen-bond acceptors (Lipinski definition) is 2. The van der Waals surface area contributed by atoms with Crippen LogP contribution in [0.3, 0.4) is 0 Å². The molecule has 0 spiro atoms. The molecule has 0 aliphatic heterocycles. The molecule has 4 nitrogen and oxygen atoms in total. The Morgan fingerprint density at radius 3 is 2.70 bits per heavy atom. The van der Waals surface area contributed by atoms with Gasteiger partial charge in [-0.2, -0.15) is 5.10 Å². The molecule has 0 saturated carbocycles. The van der Waals surface area contributed by atoms with Gasteiger partial charge in [0.1, 0.15) is 0 Å². The van der Waals surface area contributed by atoms with Crippen LogP contribution in [-0.4, -0.2) is 16.7 Å². The molecule has 1 heterocycles. The van der Waals surface area contributed by atoms with Crippen molar-refractivity contribution in [2.45, 2.75) is 13.8 Å². The van der Waals surface area contributed by atoms with Crippen LogP contribution in [0.1, 0.15) is 27.3 Å². The molecule has 0 saturated heterocycles. The van der Waals surface area contributed by atoms with Gasteiger partial charge in [0.25, 0.3) is 5.91 Å². The van der Waals surface area contributed by atoms with Crippen LogP contribution in [-0.2, 0) is 7.05 Å². The van der Waals surface area contributed by atoms with Crippen molar-refractivity contribution in [3.8, 4) is 0 Å². The number of aryl methyl sites for hydroxylation is 1. The molecule has 0 bridgehead atoms. The second-order valence-corrected chi connectivity index (χ2v) is 5.84. The summed E-state index contributed by atoms with van der Waals surface area (Å²) in [5, 5.41) is 4.02. The normalized spacial score (nSPS) is 11.0. The number of benzene rings is 1. The van der Waals surface area contributed by atoms with Crippen LogP contribution in [0.5, 0.6) is 0 Å². The molecule has 1 aromatic heterocycles. The lowest BCUT2D eigenvalue weighted by Gasteiger charge is -2.00. The Balaban J connectivity index is 2.06. The van der Waals surface area contributed by atoms with Gasteiger partial charge in [-0.05, 0) is 60.7 Å². The molecule has 104 valence electrons. The first kappa shape index (κ1) is 14.8. The highest BCUT2D eigenvalue weighted by Gasteiger charge is 2.05. The van der Waals surface area contributed by atoms with Gasteiger partial charge >= 0.3 is 0 Å². The van der Waals surface area contributed by atoms with Crippen LogP contribution in [0.4, 0.5) is 0 Å². The first-order chi connectivity index (χ1) is 9.49. The van der Waals surface area contributed by atoms with Crippen LogP contribution in [0.25, 0.3) is 0 Å². The number of carbonyl (C=O) groups is 1. The van der Waals surface area contributed by atoms with Crippen molar-refractivity contribution in [2.75, 3.05) is 0 Å². The van der Waals surface area contributed by atoms with Crippen molar-refractivity contribution in [1.82, 2.24) is 9.99 Å². The van der Waals surface area contributed by atoms with Gasteiger partial charge in [0.2, 0.25) is 0 Å². The van der Waals surface area contributed by atoms with Crippen molar-refractivity contribution in [3.05, 3.63) is 56.4 Å². The third kappa shape index (κ3) is 3.27. The van der Waals surface area contributed by atoms with Gasteiger partial charge in [0.15, 0.2) is 0 Å². The van der Waals surface area contributed by atoms with Crippen molar-refractivity contribution in [2.24, 2.45) is 12.1 Å². The maximum absolute atomic E-state index is 11.9. The van der Waals surface area contributed by atoms with Crippen molar-refractivity contribution in [1.29, 1.82) is 0 Å². The number of carbonyl (C=O) groups excluding carboxylic acids is 1.